The third kappa shape index (κ3) is 4.08. The topological polar surface area (TPSA) is 41.1 Å². The first-order chi connectivity index (χ1) is 9.97. The van der Waals surface area contributed by atoms with Gasteiger partial charge in [0, 0.05) is 21.9 Å². The van der Waals surface area contributed by atoms with E-state index in [9.17, 15) is 4.79 Å². The van der Waals surface area contributed by atoms with Gasteiger partial charge in [0.2, 0.25) is 0 Å². The molecule has 0 aliphatic rings. The van der Waals surface area contributed by atoms with E-state index in [0.29, 0.717) is 5.56 Å². The molecule has 1 amide bonds. The first-order valence-electron chi connectivity index (χ1n) is 6.90. The van der Waals surface area contributed by atoms with Crippen molar-refractivity contribution >= 4 is 33.2 Å². The Morgan fingerprint density at radius 2 is 1.81 bits per heavy atom. The summed E-state index contributed by atoms with van der Waals surface area (Å²) in [6, 6.07) is 13.6. The predicted octanol–water partition coefficient (Wildman–Crippen LogP) is 4.83. The van der Waals surface area contributed by atoms with Crippen molar-refractivity contribution in [1.82, 2.24) is 0 Å². The van der Waals surface area contributed by atoms with E-state index in [4.69, 9.17) is 0 Å². The van der Waals surface area contributed by atoms with Crippen LogP contribution in [-0.4, -0.2) is 11.9 Å². The highest BCUT2D eigenvalue weighted by atomic mass is 79.9. The largest absolute Gasteiger partial charge is 0.382 e. The highest BCUT2D eigenvalue weighted by molar-refractivity contribution is 9.10. The van der Waals surface area contributed by atoms with E-state index in [-0.39, 0.29) is 11.9 Å². The molecule has 0 aromatic heterocycles. The quantitative estimate of drug-likeness (QED) is 0.832. The molecule has 3 nitrogen and oxygen atoms in total. The van der Waals surface area contributed by atoms with Crippen LogP contribution >= 0.6 is 15.9 Å². The molecule has 0 atom stereocenters. The summed E-state index contributed by atoms with van der Waals surface area (Å²) in [5.41, 5.74) is 3.33. The van der Waals surface area contributed by atoms with Gasteiger partial charge in [0.05, 0.1) is 5.56 Å². The van der Waals surface area contributed by atoms with Crippen molar-refractivity contribution in [2.75, 3.05) is 10.6 Å². The fourth-order valence-corrected chi connectivity index (χ4v) is 2.40. The molecule has 2 rings (SSSR count). The Morgan fingerprint density at radius 1 is 1.10 bits per heavy atom. The van der Waals surface area contributed by atoms with Gasteiger partial charge in [-0.25, -0.2) is 0 Å². The Morgan fingerprint density at radius 3 is 2.52 bits per heavy atom. The van der Waals surface area contributed by atoms with E-state index in [1.807, 2.05) is 63.2 Å². The number of halogens is 1. The monoisotopic (exact) mass is 346 g/mol. The second kappa shape index (κ2) is 6.76. The summed E-state index contributed by atoms with van der Waals surface area (Å²) < 4.78 is 0.942. The first kappa shape index (κ1) is 15.6. The fraction of sp³-hybridized carbons (Fsp3) is 0.235. The lowest BCUT2D eigenvalue weighted by Crippen LogP contribution is -2.18. The third-order valence-electron chi connectivity index (χ3n) is 3.06. The minimum atomic E-state index is -0.111. The average Bonchev–Trinajstić information content (AvgIpc) is 2.42. The summed E-state index contributed by atoms with van der Waals surface area (Å²) >= 11 is 3.43. The molecule has 110 valence electrons. The standard InChI is InChI=1S/C17H19BrN2O/c1-11(2)19-15-7-5-4-6-14(15)17(21)20-16-10-13(18)9-8-12(16)3/h4-11,19H,1-3H3,(H,20,21). The van der Waals surface area contributed by atoms with Crippen molar-refractivity contribution in [3.05, 3.63) is 58.1 Å². The molecular formula is C17H19BrN2O. The Balaban J connectivity index is 2.26. The second-order valence-electron chi connectivity index (χ2n) is 5.26. The van der Waals surface area contributed by atoms with Gasteiger partial charge in [-0.1, -0.05) is 34.1 Å². The molecule has 0 bridgehead atoms. The van der Waals surface area contributed by atoms with Crippen LogP contribution in [0.2, 0.25) is 0 Å². The minimum Gasteiger partial charge on any atom is -0.382 e. The van der Waals surface area contributed by atoms with E-state index >= 15 is 0 Å². The SMILES string of the molecule is Cc1ccc(Br)cc1NC(=O)c1ccccc1NC(C)C. The molecule has 2 N–H and O–H groups in total. The van der Waals surface area contributed by atoms with Crippen LogP contribution in [-0.2, 0) is 0 Å². The fourth-order valence-electron chi connectivity index (χ4n) is 2.04. The van der Waals surface area contributed by atoms with Crippen LogP contribution in [0.25, 0.3) is 0 Å². The summed E-state index contributed by atoms with van der Waals surface area (Å²) in [6.45, 7) is 6.07. The molecule has 0 saturated heterocycles. The average molecular weight is 347 g/mol. The van der Waals surface area contributed by atoms with Crippen molar-refractivity contribution in [1.29, 1.82) is 0 Å². The van der Waals surface area contributed by atoms with Crippen LogP contribution in [0, 0.1) is 6.92 Å². The van der Waals surface area contributed by atoms with Gasteiger partial charge in [0.15, 0.2) is 0 Å². The van der Waals surface area contributed by atoms with Gasteiger partial charge < -0.3 is 10.6 Å². The van der Waals surface area contributed by atoms with Crippen molar-refractivity contribution in [2.45, 2.75) is 26.8 Å². The van der Waals surface area contributed by atoms with Gasteiger partial charge in [0.25, 0.3) is 5.91 Å². The molecule has 0 fully saturated rings. The van der Waals surface area contributed by atoms with Crippen LogP contribution < -0.4 is 10.6 Å². The lowest BCUT2D eigenvalue weighted by Gasteiger charge is -2.15. The zero-order valence-electron chi connectivity index (χ0n) is 12.4. The molecule has 0 heterocycles. The summed E-state index contributed by atoms with van der Waals surface area (Å²) in [5, 5.41) is 6.27. The maximum absolute atomic E-state index is 12.5. The highest BCUT2D eigenvalue weighted by Crippen LogP contribution is 2.23. The Labute approximate surface area is 133 Å². The zero-order valence-corrected chi connectivity index (χ0v) is 14.0. The molecule has 0 aliphatic carbocycles. The van der Waals surface area contributed by atoms with E-state index < -0.39 is 0 Å². The first-order valence-corrected chi connectivity index (χ1v) is 7.69. The smallest absolute Gasteiger partial charge is 0.257 e. The van der Waals surface area contributed by atoms with Crippen LogP contribution in [0.15, 0.2) is 46.9 Å². The molecule has 2 aromatic carbocycles. The number of rotatable bonds is 4. The lowest BCUT2D eigenvalue weighted by atomic mass is 10.1. The van der Waals surface area contributed by atoms with Gasteiger partial charge >= 0.3 is 0 Å². The lowest BCUT2D eigenvalue weighted by molar-refractivity contribution is 0.102. The van der Waals surface area contributed by atoms with Crippen LogP contribution in [0.1, 0.15) is 29.8 Å². The number of hydrogen-bond donors (Lipinski definition) is 2. The molecule has 2 aromatic rings. The number of benzene rings is 2. The molecular weight excluding hydrogens is 328 g/mol. The third-order valence-corrected chi connectivity index (χ3v) is 3.56. The van der Waals surface area contributed by atoms with Crippen molar-refractivity contribution in [2.24, 2.45) is 0 Å². The van der Waals surface area contributed by atoms with Gasteiger partial charge in [0.1, 0.15) is 0 Å². The number of para-hydroxylation sites is 1. The number of amides is 1. The maximum Gasteiger partial charge on any atom is 0.257 e. The number of nitrogens with one attached hydrogen (secondary N) is 2. The molecule has 0 saturated carbocycles. The van der Waals surface area contributed by atoms with Gasteiger partial charge in [-0.3, -0.25) is 4.79 Å². The van der Waals surface area contributed by atoms with Crippen molar-refractivity contribution < 1.29 is 4.79 Å². The molecule has 0 unspecified atom stereocenters. The minimum absolute atomic E-state index is 0.111. The molecule has 0 radical (unpaired) electrons. The summed E-state index contributed by atoms with van der Waals surface area (Å²) in [6.07, 6.45) is 0. The maximum atomic E-state index is 12.5. The van der Waals surface area contributed by atoms with Crippen LogP contribution in [0.4, 0.5) is 11.4 Å². The Bertz CT molecular complexity index is 653. The Hall–Kier alpha value is -1.81. The van der Waals surface area contributed by atoms with Crippen LogP contribution in [0.5, 0.6) is 0 Å². The number of carbonyl (C=O) groups is 1. The molecule has 0 spiro atoms. The summed E-state index contributed by atoms with van der Waals surface area (Å²) in [5.74, 6) is -0.111. The van der Waals surface area contributed by atoms with E-state index in [0.717, 1.165) is 21.4 Å². The van der Waals surface area contributed by atoms with E-state index in [1.165, 1.54) is 0 Å². The molecule has 21 heavy (non-hydrogen) atoms. The number of aryl methyl sites for hydroxylation is 1. The van der Waals surface area contributed by atoms with E-state index in [1.54, 1.807) is 0 Å². The highest BCUT2D eigenvalue weighted by Gasteiger charge is 2.12. The zero-order chi connectivity index (χ0) is 15.4. The Kier molecular flexibility index (Phi) is 5.02. The van der Waals surface area contributed by atoms with Crippen molar-refractivity contribution in [3.63, 3.8) is 0 Å². The van der Waals surface area contributed by atoms with E-state index in [2.05, 4.69) is 26.6 Å². The predicted molar refractivity (Wildman–Crippen MR) is 92.0 cm³/mol. The van der Waals surface area contributed by atoms with Gasteiger partial charge in [-0.2, -0.15) is 0 Å². The van der Waals surface area contributed by atoms with Gasteiger partial charge in [-0.05, 0) is 50.6 Å². The second-order valence-corrected chi connectivity index (χ2v) is 6.17. The molecule has 4 heteroatoms. The number of anilines is 2. The van der Waals surface area contributed by atoms with Gasteiger partial charge in [-0.15, -0.1) is 0 Å². The normalized spacial score (nSPS) is 10.5. The van der Waals surface area contributed by atoms with Crippen LogP contribution in [0.3, 0.4) is 0 Å². The summed E-state index contributed by atoms with van der Waals surface area (Å²) in [4.78, 5) is 12.5. The molecule has 0 aliphatic heterocycles. The number of hydrogen-bond acceptors (Lipinski definition) is 2. The summed E-state index contributed by atoms with van der Waals surface area (Å²) in [7, 11) is 0. The van der Waals surface area contributed by atoms with Crippen molar-refractivity contribution in [3.8, 4) is 0 Å². The number of carbonyl (C=O) groups excluding carboxylic acids is 1.